The number of carbonyl (C=O) groups excluding carboxylic acids is 8. The van der Waals surface area contributed by atoms with Gasteiger partial charge in [-0.2, -0.15) is 0 Å². The van der Waals surface area contributed by atoms with Crippen molar-refractivity contribution in [3.63, 3.8) is 0 Å². The van der Waals surface area contributed by atoms with Gasteiger partial charge < -0.3 is 18.9 Å². The maximum absolute atomic E-state index is 9.92. The van der Waals surface area contributed by atoms with Crippen molar-refractivity contribution in [3.05, 3.63) is 48.6 Å². The zero-order valence-electron chi connectivity index (χ0n) is 13.5. The van der Waals surface area contributed by atoms with E-state index in [0.717, 1.165) is 48.6 Å². The molecule has 28 heavy (non-hydrogen) atoms. The van der Waals surface area contributed by atoms with Crippen molar-refractivity contribution in [2.45, 2.75) is 0 Å². The maximum Gasteiger partial charge on any atom is 0.338 e. The number of esters is 8. The number of cyclic esters (lactones) is 8. The van der Waals surface area contributed by atoms with Gasteiger partial charge in [-0.05, 0) is 0 Å². The van der Waals surface area contributed by atoms with Crippen LogP contribution in [0.2, 0.25) is 0 Å². The van der Waals surface area contributed by atoms with Gasteiger partial charge in [-0.1, -0.05) is 0 Å². The van der Waals surface area contributed by atoms with Gasteiger partial charge in [0.05, 0.1) is 0 Å². The van der Waals surface area contributed by atoms with Gasteiger partial charge in [0.25, 0.3) is 0 Å². The van der Waals surface area contributed by atoms with E-state index in [1.807, 2.05) is 0 Å². The lowest BCUT2D eigenvalue weighted by molar-refractivity contribution is -0.151. The van der Waals surface area contributed by atoms with Gasteiger partial charge in [0, 0.05) is 48.6 Å². The first-order chi connectivity index (χ1) is 13.2. The summed E-state index contributed by atoms with van der Waals surface area (Å²) in [6.45, 7) is 0. The highest BCUT2D eigenvalue weighted by atomic mass is 16.6. The lowest BCUT2D eigenvalue weighted by Gasteiger charge is -1.80. The van der Waals surface area contributed by atoms with Crippen molar-refractivity contribution in [1.29, 1.82) is 0 Å². The molecule has 0 atom stereocenters. The third-order valence-corrected chi connectivity index (χ3v) is 2.23. The summed E-state index contributed by atoms with van der Waals surface area (Å²) in [6.07, 6.45) is 8.69. The molecule has 12 heteroatoms. The summed E-state index contributed by atoms with van der Waals surface area (Å²) in [7, 11) is 0. The van der Waals surface area contributed by atoms with E-state index in [1.165, 1.54) is 0 Å². The van der Waals surface area contributed by atoms with Crippen molar-refractivity contribution < 1.29 is 57.3 Å². The molecule has 4 aliphatic rings. The van der Waals surface area contributed by atoms with Crippen LogP contribution in [0, 0.1) is 0 Å². The van der Waals surface area contributed by atoms with Crippen LogP contribution in [-0.2, 0) is 57.3 Å². The zero-order chi connectivity index (χ0) is 21.1. The van der Waals surface area contributed by atoms with E-state index in [2.05, 4.69) is 18.9 Å². The SMILES string of the molecule is O=C1C=CC(=O)O1.O=C1C=CC(=O)O1.O=C1C=CC(=O)O1.O=C1C=CC(=O)O1. The molecule has 0 aromatic rings. The zero-order valence-corrected chi connectivity index (χ0v) is 13.5. The smallest absolute Gasteiger partial charge is 0.338 e. The Morgan fingerprint density at radius 2 is 0.393 bits per heavy atom. The summed E-state index contributed by atoms with van der Waals surface area (Å²) in [4.78, 5) is 79.4. The van der Waals surface area contributed by atoms with Gasteiger partial charge in [0.15, 0.2) is 0 Å². The highest BCUT2D eigenvalue weighted by Crippen LogP contribution is 1.94. The molecule has 0 spiro atoms. The second kappa shape index (κ2) is 10.5. The van der Waals surface area contributed by atoms with Crippen LogP contribution in [0.3, 0.4) is 0 Å². The molecule has 0 saturated carbocycles. The minimum atomic E-state index is -0.579. The second-order valence-electron chi connectivity index (χ2n) is 4.29. The Morgan fingerprint density at radius 1 is 0.286 bits per heavy atom. The first kappa shape index (κ1) is 21.6. The third kappa shape index (κ3) is 9.12. The first-order valence-electron chi connectivity index (χ1n) is 6.91. The molecule has 0 radical (unpaired) electrons. The highest BCUT2D eigenvalue weighted by molar-refractivity contribution is 6.06. The summed E-state index contributed by atoms with van der Waals surface area (Å²) in [5, 5.41) is 0. The Bertz CT molecular complexity index is 660. The maximum atomic E-state index is 9.92. The fraction of sp³-hybridized carbons (Fsp3) is 0. The van der Waals surface area contributed by atoms with Crippen LogP contribution < -0.4 is 0 Å². The van der Waals surface area contributed by atoms with E-state index in [1.54, 1.807) is 0 Å². The van der Waals surface area contributed by atoms with Gasteiger partial charge in [0.2, 0.25) is 0 Å². The lowest BCUT2D eigenvalue weighted by Crippen LogP contribution is -1.96. The van der Waals surface area contributed by atoms with Crippen molar-refractivity contribution in [2.75, 3.05) is 0 Å². The topological polar surface area (TPSA) is 173 Å². The molecular weight excluding hydrogens is 384 g/mol. The van der Waals surface area contributed by atoms with E-state index in [-0.39, 0.29) is 0 Å². The second-order valence-corrected chi connectivity index (χ2v) is 4.29. The fourth-order valence-corrected chi connectivity index (χ4v) is 1.21. The van der Waals surface area contributed by atoms with E-state index in [4.69, 9.17) is 0 Å². The Morgan fingerprint density at radius 3 is 0.429 bits per heavy atom. The van der Waals surface area contributed by atoms with Gasteiger partial charge in [-0.15, -0.1) is 0 Å². The fourth-order valence-electron chi connectivity index (χ4n) is 1.21. The van der Waals surface area contributed by atoms with Gasteiger partial charge in [-0.25, -0.2) is 38.4 Å². The molecular formula is C16H8O12. The number of carbonyl (C=O) groups is 8. The normalized spacial score (nSPS) is 17.7. The van der Waals surface area contributed by atoms with Gasteiger partial charge in [0.1, 0.15) is 0 Å². The van der Waals surface area contributed by atoms with Crippen LogP contribution >= 0.6 is 0 Å². The molecule has 12 nitrogen and oxygen atoms in total. The summed E-state index contributed by atoms with van der Waals surface area (Å²) in [5.41, 5.74) is 0. The quantitative estimate of drug-likeness (QED) is 0.266. The van der Waals surface area contributed by atoms with Gasteiger partial charge >= 0.3 is 47.8 Å². The van der Waals surface area contributed by atoms with E-state index in [9.17, 15) is 38.4 Å². The molecule has 144 valence electrons. The molecule has 4 rings (SSSR count). The molecule has 0 amide bonds. The molecule has 0 saturated heterocycles. The Labute approximate surface area is 154 Å². The Balaban J connectivity index is 0.000000187. The summed E-state index contributed by atoms with van der Waals surface area (Å²) < 4.78 is 15.9. The summed E-state index contributed by atoms with van der Waals surface area (Å²) in [6, 6.07) is 0. The molecule has 4 aliphatic heterocycles. The van der Waals surface area contributed by atoms with Crippen LogP contribution in [-0.4, -0.2) is 47.8 Å². The number of ether oxygens (including phenoxy) is 4. The van der Waals surface area contributed by atoms with Crippen LogP contribution in [0.5, 0.6) is 0 Å². The average molecular weight is 392 g/mol. The molecule has 0 bridgehead atoms. The predicted molar refractivity (Wildman–Crippen MR) is 81.0 cm³/mol. The van der Waals surface area contributed by atoms with Crippen molar-refractivity contribution in [1.82, 2.24) is 0 Å². The first-order valence-corrected chi connectivity index (χ1v) is 6.91. The monoisotopic (exact) mass is 392 g/mol. The molecule has 0 N–H and O–H groups in total. The summed E-state index contributed by atoms with van der Waals surface area (Å²) in [5.74, 6) is -4.63. The molecule has 4 heterocycles. The average Bonchev–Trinajstić information content (AvgIpc) is 3.37. The minimum absolute atomic E-state index is 0.579. The number of hydrogen-bond acceptors (Lipinski definition) is 12. The van der Waals surface area contributed by atoms with E-state index < -0.39 is 47.8 Å². The molecule has 0 unspecified atom stereocenters. The van der Waals surface area contributed by atoms with Crippen molar-refractivity contribution >= 4 is 47.8 Å². The third-order valence-electron chi connectivity index (χ3n) is 2.23. The summed E-state index contributed by atoms with van der Waals surface area (Å²) >= 11 is 0. The standard InChI is InChI=1S/4C4H2O3/c4*5-3-1-2-4(6)7-3/h4*1-2H. The van der Waals surface area contributed by atoms with E-state index in [0.29, 0.717) is 0 Å². The van der Waals surface area contributed by atoms with Crippen LogP contribution in [0.15, 0.2) is 48.6 Å². The molecule has 0 aromatic carbocycles. The predicted octanol–water partition coefficient (Wildman–Crippen LogP) is -1.50. The van der Waals surface area contributed by atoms with Crippen LogP contribution in [0.4, 0.5) is 0 Å². The van der Waals surface area contributed by atoms with Gasteiger partial charge in [-0.3, -0.25) is 0 Å². The Hall–Kier alpha value is -4.48. The number of rotatable bonds is 0. The molecule has 0 fully saturated rings. The Kier molecular flexibility index (Phi) is 8.08. The highest BCUT2D eigenvalue weighted by Gasteiger charge is 2.12. The number of hydrogen-bond donors (Lipinski definition) is 0. The van der Waals surface area contributed by atoms with Crippen molar-refractivity contribution in [2.24, 2.45) is 0 Å². The van der Waals surface area contributed by atoms with E-state index >= 15 is 0 Å². The van der Waals surface area contributed by atoms with Crippen molar-refractivity contribution in [3.8, 4) is 0 Å². The van der Waals surface area contributed by atoms with Crippen LogP contribution in [0.25, 0.3) is 0 Å². The largest absolute Gasteiger partial charge is 0.387 e. The molecule has 0 aliphatic carbocycles. The minimum Gasteiger partial charge on any atom is -0.387 e. The van der Waals surface area contributed by atoms with Crippen LogP contribution in [0.1, 0.15) is 0 Å². The lowest BCUT2D eigenvalue weighted by atomic mass is 10.6. The molecule has 0 aromatic heterocycles.